The van der Waals surface area contributed by atoms with E-state index in [9.17, 15) is 4.79 Å². The Morgan fingerprint density at radius 2 is 2.16 bits per heavy atom. The summed E-state index contributed by atoms with van der Waals surface area (Å²) in [6.07, 6.45) is 2.23. The molecule has 1 aromatic carbocycles. The van der Waals surface area contributed by atoms with E-state index >= 15 is 0 Å². The predicted molar refractivity (Wildman–Crippen MR) is 76.2 cm³/mol. The third kappa shape index (κ3) is 2.16. The van der Waals surface area contributed by atoms with Crippen LogP contribution in [0, 0.1) is 0 Å². The van der Waals surface area contributed by atoms with Crippen molar-refractivity contribution in [3.05, 3.63) is 40.4 Å². The highest BCUT2D eigenvalue weighted by atomic mass is 16.1. The van der Waals surface area contributed by atoms with Gasteiger partial charge in [0.15, 0.2) is 0 Å². The van der Waals surface area contributed by atoms with E-state index in [0.717, 1.165) is 24.3 Å². The number of H-pyrrole nitrogens is 1. The summed E-state index contributed by atoms with van der Waals surface area (Å²) in [7, 11) is 0. The maximum Gasteiger partial charge on any atom is 0.258 e. The van der Waals surface area contributed by atoms with E-state index in [2.05, 4.69) is 28.7 Å². The molecule has 1 fully saturated rings. The SMILES string of the molecule is CC(C)N1CCCC1c1nc2ccccc2c(=O)[nH]1. The van der Waals surface area contributed by atoms with Crippen molar-refractivity contribution in [2.24, 2.45) is 0 Å². The maximum atomic E-state index is 12.1. The number of hydrogen-bond donors (Lipinski definition) is 1. The van der Waals surface area contributed by atoms with Crippen LogP contribution in [0.3, 0.4) is 0 Å². The summed E-state index contributed by atoms with van der Waals surface area (Å²) >= 11 is 0. The Balaban J connectivity index is 2.08. The molecule has 1 aliphatic rings. The number of rotatable bonds is 2. The molecule has 1 unspecified atom stereocenters. The first kappa shape index (κ1) is 12.4. The first-order valence-electron chi connectivity index (χ1n) is 6.91. The molecule has 1 aromatic heterocycles. The summed E-state index contributed by atoms with van der Waals surface area (Å²) in [6.45, 7) is 5.47. The van der Waals surface area contributed by atoms with E-state index in [4.69, 9.17) is 0 Å². The van der Waals surface area contributed by atoms with Crippen molar-refractivity contribution in [3.63, 3.8) is 0 Å². The van der Waals surface area contributed by atoms with Gasteiger partial charge >= 0.3 is 0 Å². The molecular formula is C15H19N3O. The molecule has 2 aromatic rings. The van der Waals surface area contributed by atoms with Crippen LogP contribution in [0.2, 0.25) is 0 Å². The van der Waals surface area contributed by atoms with Gasteiger partial charge in [0.05, 0.1) is 16.9 Å². The average Bonchev–Trinajstić information content (AvgIpc) is 2.88. The smallest absolute Gasteiger partial charge is 0.258 e. The molecule has 0 spiro atoms. The van der Waals surface area contributed by atoms with Crippen molar-refractivity contribution in [2.75, 3.05) is 6.54 Å². The van der Waals surface area contributed by atoms with E-state index in [1.54, 1.807) is 0 Å². The summed E-state index contributed by atoms with van der Waals surface area (Å²) < 4.78 is 0. The van der Waals surface area contributed by atoms with Gasteiger partial charge in [-0.05, 0) is 45.4 Å². The lowest BCUT2D eigenvalue weighted by molar-refractivity contribution is 0.198. The van der Waals surface area contributed by atoms with Gasteiger partial charge in [-0.1, -0.05) is 12.1 Å². The van der Waals surface area contributed by atoms with Gasteiger partial charge in [0, 0.05) is 6.04 Å². The molecule has 0 saturated carbocycles. The zero-order valence-corrected chi connectivity index (χ0v) is 11.4. The van der Waals surface area contributed by atoms with Crippen LogP contribution in [0.15, 0.2) is 29.1 Å². The van der Waals surface area contributed by atoms with E-state index in [0.29, 0.717) is 11.4 Å². The van der Waals surface area contributed by atoms with Crippen LogP contribution in [0.5, 0.6) is 0 Å². The van der Waals surface area contributed by atoms with E-state index in [-0.39, 0.29) is 11.6 Å². The Morgan fingerprint density at radius 3 is 2.95 bits per heavy atom. The van der Waals surface area contributed by atoms with Crippen LogP contribution in [0.25, 0.3) is 10.9 Å². The molecule has 100 valence electrons. The molecule has 1 atom stereocenters. The second-order valence-electron chi connectivity index (χ2n) is 5.46. The number of nitrogens with one attached hydrogen (secondary N) is 1. The zero-order valence-electron chi connectivity index (χ0n) is 11.4. The third-order valence-electron chi connectivity index (χ3n) is 3.90. The van der Waals surface area contributed by atoms with Crippen molar-refractivity contribution in [3.8, 4) is 0 Å². The van der Waals surface area contributed by atoms with Crippen LogP contribution < -0.4 is 5.56 Å². The Morgan fingerprint density at radius 1 is 1.37 bits per heavy atom. The number of nitrogens with zero attached hydrogens (tertiary/aromatic N) is 2. The van der Waals surface area contributed by atoms with Crippen LogP contribution in [0.4, 0.5) is 0 Å². The number of benzene rings is 1. The molecule has 3 rings (SSSR count). The number of hydrogen-bond acceptors (Lipinski definition) is 3. The highest BCUT2D eigenvalue weighted by molar-refractivity contribution is 5.77. The van der Waals surface area contributed by atoms with Gasteiger partial charge in [-0.25, -0.2) is 4.98 Å². The molecule has 1 N–H and O–H groups in total. The minimum absolute atomic E-state index is 0.0313. The molecule has 4 nitrogen and oxygen atoms in total. The van der Waals surface area contributed by atoms with E-state index in [1.807, 2.05) is 24.3 Å². The van der Waals surface area contributed by atoms with Gasteiger partial charge in [0.1, 0.15) is 5.82 Å². The van der Waals surface area contributed by atoms with Gasteiger partial charge in [0.25, 0.3) is 5.56 Å². The lowest BCUT2D eigenvalue weighted by Crippen LogP contribution is -2.32. The fraction of sp³-hybridized carbons (Fsp3) is 0.467. The topological polar surface area (TPSA) is 49.0 Å². The molecule has 4 heteroatoms. The molecule has 2 heterocycles. The molecular weight excluding hydrogens is 238 g/mol. The zero-order chi connectivity index (χ0) is 13.4. The lowest BCUT2D eigenvalue weighted by atomic mass is 10.1. The lowest BCUT2D eigenvalue weighted by Gasteiger charge is -2.27. The number of likely N-dealkylation sites (tertiary alicyclic amines) is 1. The summed E-state index contributed by atoms with van der Waals surface area (Å²) in [4.78, 5) is 22.2. The predicted octanol–water partition coefficient (Wildman–Crippen LogP) is 2.47. The molecule has 0 aliphatic carbocycles. The Hall–Kier alpha value is -1.68. The van der Waals surface area contributed by atoms with Crippen molar-refractivity contribution in [1.29, 1.82) is 0 Å². The van der Waals surface area contributed by atoms with Crippen molar-refractivity contribution in [2.45, 2.75) is 38.8 Å². The fourth-order valence-corrected chi connectivity index (χ4v) is 2.96. The number of aromatic nitrogens is 2. The second kappa shape index (κ2) is 4.78. The summed E-state index contributed by atoms with van der Waals surface area (Å²) in [6, 6.07) is 8.24. The fourth-order valence-electron chi connectivity index (χ4n) is 2.96. The summed E-state index contributed by atoms with van der Waals surface area (Å²) in [5.74, 6) is 0.815. The Bertz CT molecular complexity index is 647. The van der Waals surface area contributed by atoms with E-state index in [1.165, 1.54) is 6.42 Å². The van der Waals surface area contributed by atoms with Crippen LogP contribution in [-0.2, 0) is 0 Å². The second-order valence-corrected chi connectivity index (χ2v) is 5.46. The molecule has 0 amide bonds. The normalized spacial score (nSPS) is 20.5. The first-order valence-corrected chi connectivity index (χ1v) is 6.91. The van der Waals surface area contributed by atoms with E-state index < -0.39 is 0 Å². The number of aromatic amines is 1. The van der Waals surface area contributed by atoms with Crippen LogP contribution >= 0.6 is 0 Å². The Labute approximate surface area is 112 Å². The van der Waals surface area contributed by atoms with Gasteiger partial charge in [-0.3, -0.25) is 9.69 Å². The Kier molecular flexibility index (Phi) is 3.11. The largest absolute Gasteiger partial charge is 0.309 e. The third-order valence-corrected chi connectivity index (χ3v) is 3.90. The van der Waals surface area contributed by atoms with Crippen molar-refractivity contribution in [1.82, 2.24) is 14.9 Å². The van der Waals surface area contributed by atoms with Gasteiger partial charge in [0.2, 0.25) is 0 Å². The molecule has 19 heavy (non-hydrogen) atoms. The quantitative estimate of drug-likeness (QED) is 0.899. The van der Waals surface area contributed by atoms with Gasteiger partial charge in [-0.15, -0.1) is 0 Å². The van der Waals surface area contributed by atoms with Gasteiger partial charge in [-0.2, -0.15) is 0 Å². The molecule has 1 saturated heterocycles. The monoisotopic (exact) mass is 257 g/mol. The minimum atomic E-state index is -0.0313. The van der Waals surface area contributed by atoms with Crippen molar-refractivity contribution >= 4 is 10.9 Å². The maximum absolute atomic E-state index is 12.1. The first-order chi connectivity index (χ1) is 9.16. The number of para-hydroxylation sites is 1. The average molecular weight is 257 g/mol. The summed E-state index contributed by atoms with van der Waals surface area (Å²) in [5, 5.41) is 0.667. The van der Waals surface area contributed by atoms with Crippen LogP contribution in [0.1, 0.15) is 38.6 Å². The highest BCUT2D eigenvalue weighted by Gasteiger charge is 2.29. The molecule has 0 bridgehead atoms. The minimum Gasteiger partial charge on any atom is -0.309 e. The number of fused-ring (bicyclic) bond motifs is 1. The highest BCUT2D eigenvalue weighted by Crippen LogP contribution is 2.31. The summed E-state index contributed by atoms with van der Waals surface area (Å²) in [5.41, 5.74) is 0.757. The molecule has 1 aliphatic heterocycles. The molecule has 0 radical (unpaired) electrons. The van der Waals surface area contributed by atoms with Gasteiger partial charge < -0.3 is 4.98 Å². The van der Waals surface area contributed by atoms with Crippen LogP contribution in [-0.4, -0.2) is 27.5 Å². The van der Waals surface area contributed by atoms with Crippen molar-refractivity contribution < 1.29 is 0 Å². The standard InChI is InChI=1S/C15H19N3O/c1-10(2)18-9-5-8-13(18)14-16-12-7-4-3-6-11(12)15(19)17-14/h3-4,6-7,10,13H,5,8-9H2,1-2H3,(H,16,17,19).